The summed E-state index contributed by atoms with van der Waals surface area (Å²) in [4.78, 5) is 11.7. The number of rotatable bonds is 3. The maximum atomic E-state index is 12.9. The first-order valence-electron chi connectivity index (χ1n) is 6.23. The van der Waals surface area contributed by atoms with E-state index in [4.69, 9.17) is 0 Å². The summed E-state index contributed by atoms with van der Waals surface area (Å²) in [5.74, 6) is -0.338. The van der Waals surface area contributed by atoms with Crippen LogP contribution in [0.4, 0.5) is 14.9 Å². The Bertz CT molecular complexity index is 479. The van der Waals surface area contributed by atoms with Gasteiger partial charge in [0.25, 0.3) is 0 Å². The molecular weight excluding hydrogens is 285 g/mol. The quantitative estimate of drug-likeness (QED) is 0.682. The Kier molecular flexibility index (Phi) is 5.74. The van der Waals surface area contributed by atoms with E-state index in [0.717, 1.165) is 6.54 Å². The number of anilines is 1. The Morgan fingerprint density at radius 1 is 1.55 bits per heavy atom. The van der Waals surface area contributed by atoms with Crippen LogP contribution in [-0.4, -0.2) is 36.4 Å². The SMILES string of the molecule is Cc1cc(F)ccc1NC(=O)NCC1(O)CCNC1.Cl. The van der Waals surface area contributed by atoms with E-state index in [9.17, 15) is 14.3 Å². The van der Waals surface area contributed by atoms with Crippen LogP contribution in [-0.2, 0) is 0 Å². The van der Waals surface area contributed by atoms with Crippen LogP contribution in [0.25, 0.3) is 0 Å². The molecule has 1 heterocycles. The number of benzene rings is 1. The zero-order valence-corrected chi connectivity index (χ0v) is 12.0. The zero-order valence-electron chi connectivity index (χ0n) is 11.2. The molecule has 5 nitrogen and oxygen atoms in total. The monoisotopic (exact) mass is 303 g/mol. The number of amides is 2. The number of halogens is 2. The van der Waals surface area contributed by atoms with Crippen molar-refractivity contribution in [2.75, 3.05) is 25.0 Å². The molecular formula is C13H19ClFN3O2. The molecule has 0 aliphatic carbocycles. The predicted octanol–water partition coefficient (Wildman–Crippen LogP) is 1.40. The third-order valence-corrected chi connectivity index (χ3v) is 3.24. The van der Waals surface area contributed by atoms with Crippen molar-refractivity contribution in [2.45, 2.75) is 18.9 Å². The van der Waals surface area contributed by atoms with Gasteiger partial charge >= 0.3 is 6.03 Å². The van der Waals surface area contributed by atoms with Gasteiger partial charge in [0, 0.05) is 18.8 Å². The lowest BCUT2D eigenvalue weighted by molar-refractivity contribution is 0.0640. The lowest BCUT2D eigenvalue weighted by Crippen LogP contribution is -2.45. The van der Waals surface area contributed by atoms with Crippen LogP contribution < -0.4 is 16.0 Å². The first-order chi connectivity index (χ1) is 8.98. The molecule has 1 atom stereocenters. The summed E-state index contributed by atoms with van der Waals surface area (Å²) < 4.78 is 12.9. The standard InChI is InChI=1S/C13H18FN3O2.ClH/c1-9-6-10(14)2-3-11(9)17-12(18)16-8-13(19)4-5-15-7-13;/h2-3,6,15,19H,4-5,7-8H2,1H3,(H2,16,17,18);1H. The highest BCUT2D eigenvalue weighted by Crippen LogP contribution is 2.16. The molecule has 7 heteroatoms. The number of hydrogen-bond donors (Lipinski definition) is 4. The van der Waals surface area contributed by atoms with Crippen LogP contribution in [0.5, 0.6) is 0 Å². The van der Waals surface area contributed by atoms with E-state index in [2.05, 4.69) is 16.0 Å². The van der Waals surface area contributed by atoms with Crippen molar-refractivity contribution in [1.29, 1.82) is 0 Å². The Morgan fingerprint density at radius 3 is 2.90 bits per heavy atom. The van der Waals surface area contributed by atoms with Crippen molar-refractivity contribution in [2.24, 2.45) is 0 Å². The molecule has 1 aromatic rings. The average molecular weight is 304 g/mol. The van der Waals surface area contributed by atoms with Crippen LogP contribution in [0.1, 0.15) is 12.0 Å². The largest absolute Gasteiger partial charge is 0.387 e. The number of β-amino-alcohol motifs (C(OH)–C–C–N with tert-alkyl or cyclic N) is 1. The van der Waals surface area contributed by atoms with Crippen molar-refractivity contribution >= 4 is 24.1 Å². The molecule has 0 bridgehead atoms. The molecule has 1 unspecified atom stereocenters. The van der Waals surface area contributed by atoms with E-state index in [-0.39, 0.29) is 24.8 Å². The third kappa shape index (κ3) is 4.33. The molecule has 2 amide bonds. The molecule has 1 saturated heterocycles. The fraction of sp³-hybridized carbons (Fsp3) is 0.462. The van der Waals surface area contributed by atoms with Gasteiger partial charge in [-0.25, -0.2) is 9.18 Å². The molecule has 4 N–H and O–H groups in total. The maximum absolute atomic E-state index is 12.9. The van der Waals surface area contributed by atoms with Gasteiger partial charge in [-0.2, -0.15) is 0 Å². The minimum atomic E-state index is -0.880. The summed E-state index contributed by atoms with van der Waals surface area (Å²) in [5, 5.41) is 18.3. The molecule has 0 spiro atoms. The molecule has 1 aromatic carbocycles. The van der Waals surface area contributed by atoms with Gasteiger partial charge in [0.1, 0.15) is 5.82 Å². The van der Waals surface area contributed by atoms with Crippen molar-refractivity contribution in [3.8, 4) is 0 Å². The normalized spacial score (nSPS) is 21.1. The smallest absolute Gasteiger partial charge is 0.319 e. The van der Waals surface area contributed by atoms with Gasteiger partial charge in [-0.3, -0.25) is 0 Å². The molecule has 0 radical (unpaired) electrons. The number of hydrogen-bond acceptors (Lipinski definition) is 3. The summed E-state index contributed by atoms with van der Waals surface area (Å²) >= 11 is 0. The van der Waals surface area contributed by atoms with Crippen LogP contribution in [0, 0.1) is 12.7 Å². The van der Waals surface area contributed by atoms with E-state index in [1.165, 1.54) is 18.2 Å². The second-order valence-electron chi connectivity index (χ2n) is 4.92. The number of nitrogens with one attached hydrogen (secondary N) is 3. The Hall–Kier alpha value is -1.37. The highest BCUT2D eigenvalue weighted by molar-refractivity contribution is 5.90. The van der Waals surface area contributed by atoms with Gasteiger partial charge in [-0.1, -0.05) is 0 Å². The Balaban J connectivity index is 0.00000200. The van der Waals surface area contributed by atoms with E-state index in [0.29, 0.717) is 24.2 Å². The number of carbonyl (C=O) groups is 1. The minimum Gasteiger partial charge on any atom is -0.387 e. The molecule has 1 aliphatic heterocycles. The Labute approximate surface area is 123 Å². The first kappa shape index (κ1) is 16.7. The van der Waals surface area contributed by atoms with Crippen molar-refractivity contribution in [1.82, 2.24) is 10.6 Å². The second kappa shape index (κ2) is 6.88. The van der Waals surface area contributed by atoms with E-state index in [1.807, 2.05) is 0 Å². The average Bonchev–Trinajstić information content (AvgIpc) is 2.78. The highest BCUT2D eigenvalue weighted by Gasteiger charge is 2.31. The Morgan fingerprint density at radius 2 is 2.30 bits per heavy atom. The van der Waals surface area contributed by atoms with E-state index in [1.54, 1.807) is 6.92 Å². The van der Waals surface area contributed by atoms with Crippen LogP contribution in [0.3, 0.4) is 0 Å². The highest BCUT2D eigenvalue weighted by atomic mass is 35.5. The van der Waals surface area contributed by atoms with Gasteiger partial charge < -0.3 is 21.1 Å². The summed E-state index contributed by atoms with van der Waals surface area (Å²) in [6.45, 7) is 3.12. The van der Waals surface area contributed by atoms with Crippen molar-refractivity contribution in [3.05, 3.63) is 29.6 Å². The van der Waals surface area contributed by atoms with Crippen molar-refractivity contribution < 1.29 is 14.3 Å². The summed E-state index contributed by atoms with van der Waals surface area (Å²) in [6, 6.07) is 3.74. The molecule has 20 heavy (non-hydrogen) atoms. The molecule has 112 valence electrons. The summed E-state index contributed by atoms with van der Waals surface area (Å²) in [6.07, 6.45) is 0.614. The fourth-order valence-electron chi connectivity index (χ4n) is 2.06. The molecule has 2 rings (SSSR count). The number of urea groups is 1. The third-order valence-electron chi connectivity index (χ3n) is 3.24. The topological polar surface area (TPSA) is 73.4 Å². The predicted molar refractivity (Wildman–Crippen MR) is 77.8 cm³/mol. The maximum Gasteiger partial charge on any atom is 0.319 e. The van der Waals surface area contributed by atoms with Crippen LogP contribution >= 0.6 is 12.4 Å². The van der Waals surface area contributed by atoms with Gasteiger partial charge in [0.15, 0.2) is 0 Å². The second-order valence-corrected chi connectivity index (χ2v) is 4.92. The molecule has 1 aliphatic rings. The van der Waals surface area contributed by atoms with Gasteiger partial charge in [0.2, 0.25) is 0 Å². The number of carbonyl (C=O) groups excluding carboxylic acids is 1. The lowest BCUT2D eigenvalue weighted by atomic mass is 10.0. The summed E-state index contributed by atoms with van der Waals surface area (Å²) in [5.41, 5.74) is 0.321. The molecule has 1 fully saturated rings. The van der Waals surface area contributed by atoms with Crippen molar-refractivity contribution in [3.63, 3.8) is 0 Å². The van der Waals surface area contributed by atoms with Gasteiger partial charge in [-0.15, -0.1) is 12.4 Å². The van der Waals surface area contributed by atoms with Gasteiger partial charge in [-0.05, 0) is 43.7 Å². The van der Waals surface area contributed by atoms with Gasteiger partial charge in [0.05, 0.1) is 5.60 Å². The molecule has 0 aromatic heterocycles. The summed E-state index contributed by atoms with van der Waals surface area (Å²) in [7, 11) is 0. The van der Waals surface area contributed by atoms with E-state index < -0.39 is 11.6 Å². The fourth-order valence-corrected chi connectivity index (χ4v) is 2.06. The first-order valence-corrected chi connectivity index (χ1v) is 6.23. The molecule has 0 saturated carbocycles. The zero-order chi connectivity index (χ0) is 13.9. The number of aliphatic hydroxyl groups is 1. The number of aryl methyl sites for hydroxylation is 1. The minimum absolute atomic E-state index is 0. The lowest BCUT2D eigenvalue weighted by Gasteiger charge is -2.21. The van der Waals surface area contributed by atoms with E-state index >= 15 is 0 Å². The van der Waals surface area contributed by atoms with Crippen LogP contribution in [0.15, 0.2) is 18.2 Å². The van der Waals surface area contributed by atoms with Crippen LogP contribution in [0.2, 0.25) is 0 Å².